The van der Waals surface area contributed by atoms with Gasteiger partial charge in [0.15, 0.2) is 0 Å². The largest absolute Gasteiger partial charge is 0.481 e. The normalized spacial score (nSPS) is 18.3. The van der Waals surface area contributed by atoms with Crippen LogP contribution >= 0.6 is 15.9 Å². The Morgan fingerprint density at radius 1 is 1.47 bits per heavy atom. The lowest BCUT2D eigenvalue weighted by Crippen LogP contribution is -2.48. The number of carboxylic acid groups (broad SMARTS) is 1. The summed E-state index contributed by atoms with van der Waals surface area (Å²) < 4.78 is 0.650. The summed E-state index contributed by atoms with van der Waals surface area (Å²) in [4.78, 5) is 26.1. The van der Waals surface area contributed by atoms with E-state index in [1.165, 1.54) is 6.20 Å². The Kier molecular flexibility index (Phi) is 2.34. The van der Waals surface area contributed by atoms with Crippen LogP contribution in [0.15, 0.2) is 22.9 Å². The zero-order valence-electron chi connectivity index (χ0n) is 7.74. The van der Waals surface area contributed by atoms with Crippen molar-refractivity contribution in [2.24, 2.45) is 0 Å². The summed E-state index contributed by atoms with van der Waals surface area (Å²) >= 11 is 3.18. The SMILES string of the molecule is O=C1CC(C(=O)O)(c2ccc(Br)nc2)C1. The van der Waals surface area contributed by atoms with Gasteiger partial charge in [0.05, 0.1) is 0 Å². The van der Waals surface area contributed by atoms with Crippen LogP contribution < -0.4 is 0 Å². The predicted molar refractivity (Wildman–Crippen MR) is 55.5 cm³/mol. The quantitative estimate of drug-likeness (QED) is 0.827. The molecule has 0 radical (unpaired) electrons. The van der Waals surface area contributed by atoms with Crippen LogP contribution in [0.5, 0.6) is 0 Å². The number of carbonyl (C=O) groups is 2. The van der Waals surface area contributed by atoms with Crippen LogP contribution in [-0.4, -0.2) is 21.8 Å². The summed E-state index contributed by atoms with van der Waals surface area (Å²) in [6, 6.07) is 3.38. The second-order valence-electron chi connectivity index (χ2n) is 3.65. The number of aliphatic carboxylic acids is 1. The number of pyridine rings is 1. The second-order valence-corrected chi connectivity index (χ2v) is 4.46. The van der Waals surface area contributed by atoms with Gasteiger partial charge in [-0.25, -0.2) is 4.98 Å². The topological polar surface area (TPSA) is 67.3 Å². The molecule has 1 aromatic rings. The van der Waals surface area contributed by atoms with E-state index in [0.717, 1.165) is 0 Å². The van der Waals surface area contributed by atoms with E-state index in [1.54, 1.807) is 12.1 Å². The third-order valence-electron chi connectivity index (χ3n) is 2.69. The predicted octanol–water partition coefficient (Wildman–Crippen LogP) is 1.53. The number of Topliss-reactive ketones (excluding diaryl/α,β-unsaturated/α-hetero) is 1. The fraction of sp³-hybridized carbons (Fsp3) is 0.300. The number of halogens is 1. The number of ketones is 1. The van der Waals surface area contributed by atoms with Gasteiger partial charge < -0.3 is 5.11 Å². The minimum Gasteiger partial charge on any atom is -0.481 e. The Hall–Kier alpha value is -1.23. The average Bonchev–Trinajstić information content (AvgIpc) is 2.13. The molecule has 1 N–H and O–H groups in total. The standard InChI is InChI=1S/C10H8BrNO3/c11-8-2-1-6(5-12-8)10(9(14)15)3-7(13)4-10/h1-2,5H,3-4H2,(H,14,15). The summed E-state index contributed by atoms with van der Waals surface area (Å²) in [6.07, 6.45) is 1.65. The van der Waals surface area contributed by atoms with Crippen molar-refractivity contribution in [2.75, 3.05) is 0 Å². The van der Waals surface area contributed by atoms with Crippen molar-refractivity contribution in [3.05, 3.63) is 28.5 Å². The Morgan fingerprint density at radius 3 is 2.53 bits per heavy atom. The Balaban J connectivity index is 2.38. The molecule has 4 nitrogen and oxygen atoms in total. The molecule has 1 heterocycles. The molecule has 0 unspecified atom stereocenters. The van der Waals surface area contributed by atoms with Crippen LogP contribution in [0.25, 0.3) is 0 Å². The number of hydrogen-bond donors (Lipinski definition) is 1. The fourth-order valence-corrected chi connectivity index (χ4v) is 1.99. The van der Waals surface area contributed by atoms with Crippen molar-refractivity contribution >= 4 is 27.7 Å². The number of nitrogens with zero attached hydrogens (tertiary/aromatic N) is 1. The lowest BCUT2D eigenvalue weighted by molar-refractivity contribution is -0.153. The van der Waals surface area contributed by atoms with Gasteiger partial charge in [-0.3, -0.25) is 9.59 Å². The highest BCUT2D eigenvalue weighted by Crippen LogP contribution is 2.41. The van der Waals surface area contributed by atoms with E-state index in [2.05, 4.69) is 20.9 Å². The van der Waals surface area contributed by atoms with E-state index in [9.17, 15) is 9.59 Å². The average molecular weight is 270 g/mol. The molecule has 1 aliphatic carbocycles. The zero-order valence-corrected chi connectivity index (χ0v) is 9.32. The summed E-state index contributed by atoms with van der Waals surface area (Å²) in [5, 5.41) is 9.13. The molecular weight excluding hydrogens is 262 g/mol. The number of rotatable bonds is 2. The van der Waals surface area contributed by atoms with Crippen molar-refractivity contribution in [1.29, 1.82) is 0 Å². The number of carbonyl (C=O) groups excluding carboxylic acids is 1. The molecule has 15 heavy (non-hydrogen) atoms. The number of aromatic nitrogens is 1. The van der Waals surface area contributed by atoms with Crippen molar-refractivity contribution in [2.45, 2.75) is 18.3 Å². The minimum atomic E-state index is -1.04. The molecule has 1 fully saturated rings. The molecule has 0 spiro atoms. The number of hydrogen-bond acceptors (Lipinski definition) is 3. The first-order valence-corrected chi connectivity index (χ1v) is 5.21. The molecule has 0 aromatic carbocycles. The van der Waals surface area contributed by atoms with E-state index < -0.39 is 11.4 Å². The maximum atomic E-state index is 11.1. The van der Waals surface area contributed by atoms with Crippen molar-refractivity contribution < 1.29 is 14.7 Å². The maximum absolute atomic E-state index is 11.1. The van der Waals surface area contributed by atoms with Gasteiger partial charge in [0.25, 0.3) is 0 Å². The van der Waals surface area contributed by atoms with Gasteiger partial charge in [-0.1, -0.05) is 6.07 Å². The lowest BCUT2D eigenvalue weighted by Gasteiger charge is -2.36. The van der Waals surface area contributed by atoms with Gasteiger partial charge in [-0.2, -0.15) is 0 Å². The molecule has 0 amide bonds. The van der Waals surface area contributed by atoms with E-state index in [4.69, 9.17) is 5.11 Å². The second kappa shape index (κ2) is 3.41. The van der Waals surface area contributed by atoms with Crippen LogP contribution in [0, 0.1) is 0 Å². The van der Waals surface area contributed by atoms with E-state index >= 15 is 0 Å². The summed E-state index contributed by atoms with van der Waals surface area (Å²) in [5.74, 6) is -0.966. The van der Waals surface area contributed by atoms with Gasteiger partial charge in [0.1, 0.15) is 15.8 Å². The molecule has 1 aliphatic rings. The lowest BCUT2D eigenvalue weighted by atomic mass is 9.64. The number of carboxylic acids is 1. The first kappa shape index (κ1) is 10.3. The van der Waals surface area contributed by atoms with Crippen molar-refractivity contribution in [1.82, 2.24) is 4.98 Å². The van der Waals surface area contributed by atoms with Crippen LogP contribution in [0.3, 0.4) is 0 Å². The first-order valence-electron chi connectivity index (χ1n) is 4.42. The van der Waals surface area contributed by atoms with Gasteiger partial charge >= 0.3 is 5.97 Å². The summed E-state index contributed by atoms with van der Waals surface area (Å²) in [6.45, 7) is 0. The highest BCUT2D eigenvalue weighted by atomic mass is 79.9. The molecule has 1 aromatic heterocycles. The molecule has 0 bridgehead atoms. The molecular formula is C10H8BrNO3. The zero-order chi connectivity index (χ0) is 11.1. The third kappa shape index (κ3) is 1.56. The molecule has 2 rings (SSSR count). The Bertz CT molecular complexity index is 419. The van der Waals surface area contributed by atoms with Crippen molar-refractivity contribution in [3.8, 4) is 0 Å². The monoisotopic (exact) mass is 269 g/mol. The Morgan fingerprint density at radius 2 is 2.13 bits per heavy atom. The van der Waals surface area contributed by atoms with Crippen molar-refractivity contribution in [3.63, 3.8) is 0 Å². The maximum Gasteiger partial charge on any atom is 0.315 e. The summed E-state index contributed by atoms with van der Waals surface area (Å²) in [7, 11) is 0. The molecule has 5 heteroatoms. The van der Waals surface area contributed by atoms with Gasteiger partial charge in [-0.15, -0.1) is 0 Å². The third-order valence-corrected chi connectivity index (χ3v) is 3.16. The molecule has 0 saturated heterocycles. The highest BCUT2D eigenvalue weighted by molar-refractivity contribution is 9.10. The van der Waals surface area contributed by atoms with E-state index in [-0.39, 0.29) is 18.6 Å². The van der Waals surface area contributed by atoms with Crippen LogP contribution in [0.4, 0.5) is 0 Å². The molecule has 1 saturated carbocycles. The smallest absolute Gasteiger partial charge is 0.315 e. The Labute approximate surface area is 94.5 Å². The van der Waals surface area contributed by atoms with Crippen LogP contribution in [0.2, 0.25) is 0 Å². The molecule has 78 valence electrons. The van der Waals surface area contributed by atoms with E-state index in [1.807, 2.05) is 0 Å². The van der Waals surface area contributed by atoms with Gasteiger partial charge in [0.2, 0.25) is 0 Å². The van der Waals surface area contributed by atoms with Gasteiger partial charge in [-0.05, 0) is 27.6 Å². The minimum absolute atomic E-state index is 0.0136. The van der Waals surface area contributed by atoms with Gasteiger partial charge in [0, 0.05) is 19.0 Å². The molecule has 0 aliphatic heterocycles. The highest BCUT2D eigenvalue weighted by Gasteiger charge is 2.51. The molecule has 0 atom stereocenters. The first-order chi connectivity index (χ1) is 7.04. The van der Waals surface area contributed by atoms with Crippen LogP contribution in [-0.2, 0) is 15.0 Å². The van der Waals surface area contributed by atoms with Crippen LogP contribution in [0.1, 0.15) is 18.4 Å². The fourth-order valence-electron chi connectivity index (χ4n) is 1.76. The summed E-state index contributed by atoms with van der Waals surface area (Å²) in [5.41, 5.74) is -0.442. The van der Waals surface area contributed by atoms with E-state index in [0.29, 0.717) is 10.2 Å².